The number of aliphatic carboxylic acids is 1. The maximum absolute atomic E-state index is 11.6. The van der Waals surface area contributed by atoms with E-state index >= 15 is 0 Å². The van der Waals surface area contributed by atoms with Crippen molar-refractivity contribution in [1.82, 2.24) is 5.32 Å². The number of carbonyl (C=O) groups is 2. The van der Waals surface area contributed by atoms with Crippen molar-refractivity contribution in [3.8, 4) is 0 Å². The molecule has 0 unspecified atom stereocenters. The number of nitrogens with one attached hydrogen (secondary N) is 1. The smallest absolute Gasteiger partial charge is 0.408 e. The molecule has 106 valence electrons. The van der Waals surface area contributed by atoms with Crippen LogP contribution in [0.25, 0.3) is 0 Å². The van der Waals surface area contributed by atoms with Crippen LogP contribution in [0.5, 0.6) is 0 Å². The first kappa shape index (κ1) is 15.5. The van der Waals surface area contributed by atoms with Crippen LogP contribution in [0.2, 0.25) is 0 Å². The van der Waals surface area contributed by atoms with E-state index in [9.17, 15) is 9.59 Å². The first-order valence-corrected chi connectivity index (χ1v) is 6.76. The average molecular weight is 285 g/mol. The number of carboxylic acid groups (broad SMARTS) is 1. The predicted molar refractivity (Wildman–Crippen MR) is 73.6 cm³/mol. The zero-order chi connectivity index (χ0) is 14.6. The van der Waals surface area contributed by atoms with Gasteiger partial charge < -0.3 is 15.2 Å². The third-order valence-electron chi connectivity index (χ3n) is 2.19. The van der Waals surface area contributed by atoms with Crippen LogP contribution in [-0.4, -0.2) is 28.8 Å². The number of aryl methyl sites for hydroxylation is 1. The lowest BCUT2D eigenvalue weighted by Gasteiger charge is -2.21. The molecular formula is C13H19NO4S. The number of thiophene rings is 1. The molecule has 0 bridgehead atoms. The first-order valence-electron chi connectivity index (χ1n) is 5.95. The maximum Gasteiger partial charge on any atom is 0.408 e. The largest absolute Gasteiger partial charge is 0.480 e. The number of hydrogen-bond acceptors (Lipinski definition) is 4. The highest BCUT2D eigenvalue weighted by molar-refractivity contribution is 7.11. The highest BCUT2D eigenvalue weighted by Gasteiger charge is 2.24. The molecule has 0 fully saturated rings. The predicted octanol–water partition coefficient (Wildman–Crippen LogP) is 2.58. The van der Waals surface area contributed by atoms with Crippen LogP contribution in [0.1, 0.15) is 30.5 Å². The quantitative estimate of drug-likeness (QED) is 0.891. The van der Waals surface area contributed by atoms with E-state index in [2.05, 4.69) is 5.32 Å². The van der Waals surface area contributed by atoms with E-state index in [0.29, 0.717) is 0 Å². The maximum atomic E-state index is 11.6. The fourth-order valence-corrected chi connectivity index (χ4v) is 2.38. The Morgan fingerprint density at radius 3 is 2.47 bits per heavy atom. The van der Waals surface area contributed by atoms with Gasteiger partial charge in [-0.2, -0.15) is 0 Å². The van der Waals surface area contributed by atoms with Gasteiger partial charge in [-0.25, -0.2) is 9.59 Å². The van der Waals surface area contributed by atoms with Gasteiger partial charge in [-0.1, -0.05) is 0 Å². The number of carbonyl (C=O) groups excluding carboxylic acids is 1. The van der Waals surface area contributed by atoms with Crippen LogP contribution >= 0.6 is 11.3 Å². The second-order valence-corrected chi connectivity index (χ2v) is 6.63. The zero-order valence-corrected chi connectivity index (χ0v) is 12.3. The molecule has 19 heavy (non-hydrogen) atoms. The Hall–Kier alpha value is -1.56. The van der Waals surface area contributed by atoms with E-state index in [-0.39, 0.29) is 6.42 Å². The number of carboxylic acids is 1. The molecule has 1 heterocycles. The molecule has 1 aromatic heterocycles. The topological polar surface area (TPSA) is 75.6 Å². The summed E-state index contributed by atoms with van der Waals surface area (Å²) < 4.78 is 5.05. The minimum absolute atomic E-state index is 0.257. The van der Waals surface area contributed by atoms with Gasteiger partial charge in [0.2, 0.25) is 0 Å². The SMILES string of the molecule is Cc1ccc(C[C@H](NC(=O)OC(C)(C)C)C(=O)O)s1. The molecule has 0 spiro atoms. The molecule has 0 aliphatic carbocycles. The van der Waals surface area contributed by atoms with E-state index in [1.807, 2.05) is 19.1 Å². The van der Waals surface area contributed by atoms with Crippen molar-refractivity contribution in [1.29, 1.82) is 0 Å². The molecule has 0 saturated heterocycles. The van der Waals surface area contributed by atoms with Crippen molar-refractivity contribution < 1.29 is 19.4 Å². The first-order chi connectivity index (χ1) is 8.67. The summed E-state index contributed by atoms with van der Waals surface area (Å²) in [6.07, 6.45) is -0.458. The number of hydrogen-bond donors (Lipinski definition) is 2. The van der Waals surface area contributed by atoms with Gasteiger partial charge in [0.1, 0.15) is 11.6 Å². The number of ether oxygens (including phenoxy) is 1. The third-order valence-corrected chi connectivity index (χ3v) is 3.21. The molecule has 1 aromatic rings. The summed E-state index contributed by atoms with van der Waals surface area (Å²) in [5.41, 5.74) is -0.646. The fourth-order valence-electron chi connectivity index (χ4n) is 1.45. The van der Waals surface area contributed by atoms with Crippen molar-refractivity contribution in [2.45, 2.75) is 45.8 Å². The van der Waals surface area contributed by atoms with E-state index in [1.54, 1.807) is 20.8 Å². The Morgan fingerprint density at radius 1 is 1.42 bits per heavy atom. The van der Waals surface area contributed by atoms with Gasteiger partial charge in [0.15, 0.2) is 0 Å². The standard InChI is InChI=1S/C13H19NO4S/c1-8-5-6-9(19-8)7-10(11(15)16)14-12(17)18-13(2,3)4/h5-6,10H,7H2,1-4H3,(H,14,17)(H,15,16)/t10-/m0/s1. The lowest BCUT2D eigenvalue weighted by molar-refractivity contribution is -0.139. The Morgan fingerprint density at radius 2 is 2.05 bits per heavy atom. The summed E-state index contributed by atoms with van der Waals surface area (Å²) in [5.74, 6) is -1.07. The lowest BCUT2D eigenvalue weighted by Crippen LogP contribution is -2.44. The molecule has 0 radical (unpaired) electrons. The molecule has 2 N–H and O–H groups in total. The van der Waals surface area contributed by atoms with Crippen molar-refractivity contribution in [3.05, 3.63) is 21.9 Å². The lowest BCUT2D eigenvalue weighted by atomic mass is 10.2. The fraction of sp³-hybridized carbons (Fsp3) is 0.538. The highest BCUT2D eigenvalue weighted by Crippen LogP contribution is 2.17. The van der Waals surface area contributed by atoms with Crippen LogP contribution in [0.4, 0.5) is 4.79 Å². The van der Waals surface area contributed by atoms with Gasteiger partial charge in [-0.05, 0) is 39.8 Å². The molecule has 1 atom stereocenters. The van der Waals surface area contributed by atoms with Crippen molar-refractivity contribution in [3.63, 3.8) is 0 Å². The van der Waals surface area contributed by atoms with Crippen molar-refractivity contribution >= 4 is 23.4 Å². The summed E-state index contributed by atoms with van der Waals surface area (Å²) in [4.78, 5) is 24.7. The second-order valence-electron chi connectivity index (χ2n) is 5.25. The molecule has 0 aliphatic heterocycles. The van der Waals surface area contributed by atoms with E-state index < -0.39 is 23.7 Å². The summed E-state index contributed by atoms with van der Waals surface area (Å²) in [7, 11) is 0. The summed E-state index contributed by atoms with van der Waals surface area (Å²) in [6.45, 7) is 7.13. The zero-order valence-electron chi connectivity index (χ0n) is 11.5. The number of amides is 1. The Balaban J connectivity index is 2.63. The average Bonchev–Trinajstić information content (AvgIpc) is 2.60. The number of alkyl carbamates (subject to hydrolysis) is 1. The van der Waals surface area contributed by atoms with Crippen LogP contribution in [-0.2, 0) is 16.0 Å². The minimum atomic E-state index is -1.07. The molecule has 0 aliphatic rings. The third kappa shape index (κ3) is 5.74. The molecule has 1 amide bonds. The molecule has 6 heteroatoms. The van der Waals surface area contributed by atoms with Gasteiger partial charge in [0.05, 0.1) is 0 Å². The molecular weight excluding hydrogens is 266 g/mol. The van der Waals surface area contributed by atoms with Gasteiger partial charge in [0, 0.05) is 16.2 Å². The van der Waals surface area contributed by atoms with Crippen molar-refractivity contribution in [2.75, 3.05) is 0 Å². The second kappa shape index (κ2) is 6.06. The Bertz CT molecular complexity index is 461. The molecule has 1 rings (SSSR count). The Kier molecular flexibility index (Phi) is 4.94. The summed E-state index contributed by atoms with van der Waals surface area (Å²) >= 11 is 1.52. The van der Waals surface area contributed by atoms with Crippen molar-refractivity contribution in [2.24, 2.45) is 0 Å². The minimum Gasteiger partial charge on any atom is -0.480 e. The molecule has 0 saturated carbocycles. The highest BCUT2D eigenvalue weighted by atomic mass is 32.1. The van der Waals surface area contributed by atoms with E-state index in [4.69, 9.17) is 9.84 Å². The monoisotopic (exact) mass is 285 g/mol. The molecule has 0 aromatic carbocycles. The number of rotatable bonds is 4. The van der Waals surface area contributed by atoms with Gasteiger partial charge in [-0.15, -0.1) is 11.3 Å². The summed E-state index contributed by atoms with van der Waals surface area (Å²) in [5, 5.41) is 11.5. The van der Waals surface area contributed by atoms with Crippen LogP contribution in [0.15, 0.2) is 12.1 Å². The Labute approximate surface area is 116 Å². The molecule has 5 nitrogen and oxygen atoms in total. The van der Waals surface area contributed by atoms with Crippen LogP contribution in [0, 0.1) is 6.92 Å². The van der Waals surface area contributed by atoms with Gasteiger partial charge >= 0.3 is 12.1 Å². The van der Waals surface area contributed by atoms with Crippen LogP contribution < -0.4 is 5.32 Å². The van der Waals surface area contributed by atoms with E-state index in [0.717, 1.165) is 9.75 Å². The van der Waals surface area contributed by atoms with Gasteiger partial charge in [0.25, 0.3) is 0 Å². The van der Waals surface area contributed by atoms with Gasteiger partial charge in [-0.3, -0.25) is 0 Å². The van der Waals surface area contributed by atoms with E-state index in [1.165, 1.54) is 11.3 Å². The normalized spacial score (nSPS) is 12.8. The summed E-state index contributed by atoms with van der Waals surface area (Å²) in [6, 6.07) is 2.81. The van der Waals surface area contributed by atoms with Crippen LogP contribution in [0.3, 0.4) is 0 Å².